The molecule has 5 aliphatic carbocycles. The lowest BCUT2D eigenvalue weighted by molar-refractivity contribution is -0.131. The third-order valence-corrected chi connectivity index (χ3v) is 6.19. The average molecular weight is 211 g/mol. The number of alkyl halides is 2. The molecule has 1 N–H and O–H groups in total. The fourth-order valence-electron chi connectivity index (χ4n) is 6.23. The minimum absolute atomic E-state index is 0.0613. The molecule has 0 amide bonds. The van der Waals surface area contributed by atoms with Gasteiger partial charge in [0.2, 0.25) is 0 Å². The summed E-state index contributed by atoms with van der Waals surface area (Å²) >= 11 is 0. The highest BCUT2D eigenvalue weighted by Crippen LogP contribution is 2.85. The molecule has 0 saturated heterocycles. The van der Waals surface area contributed by atoms with Crippen molar-refractivity contribution < 1.29 is 14.0 Å². The second-order valence-electron chi connectivity index (χ2n) is 6.02. The van der Waals surface area contributed by atoms with Crippen LogP contribution in [0.3, 0.4) is 0 Å². The minimum atomic E-state index is -2.46. The van der Waals surface area contributed by atoms with E-state index in [0.717, 1.165) is 12.1 Å². The van der Waals surface area contributed by atoms with Crippen molar-refractivity contribution in [1.82, 2.24) is 0 Å². The van der Waals surface area contributed by atoms with Crippen LogP contribution in [0.5, 0.6) is 0 Å². The molecule has 0 aromatic heterocycles. The highest BCUT2D eigenvalue weighted by molar-refractivity contribution is 5.96. The second kappa shape index (κ2) is 1.72. The van der Waals surface area contributed by atoms with Gasteiger partial charge in [0.15, 0.2) is 0 Å². The first kappa shape index (κ1) is 7.58. The van der Waals surface area contributed by atoms with Gasteiger partial charge in [-0.25, -0.2) is 8.78 Å². The molecule has 8 atom stereocenters. The van der Waals surface area contributed by atoms with E-state index in [1.54, 1.807) is 0 Å². The minimum Gasteiger partial charge on any atom is -0.411 e. The van der Waals surface area contributed by atoms with Crippen LogP contribution < -0.4 is 0 Å². The molecule has 2 bridgehead atoms. The summed E-state index contributed by atoms with van der Waals surface area (Å²) in [6.07, 6.45) is 0.978. The van der Waals surface area contributed by atoms with Crippen LogP contribution in [-0.4, -0.2) is 16.8 Å². The summed E-state index contributed by atoms with van der Waals surface area (Å²) in [7, 11) is 0. The maximum atomic E-state index is 14.1. The molecule has 80 valence electrons. The summed E-state index contributed by atoms with van der Waals surface area (Å²) in [5.41, 5.74) is 0.738. The van der Waals surface area contributed by atoms with E-state index >= 15 is 0 Å². The van der Waals surface area contributed by atoms with Crippen LogP contribution in [0, 0.1) is 47.3 Å². The lowest BCUT2D eigenvalue weighted by atomic mass is 9.58. The van der Waals surface area contributed by atoms with E-state index in [4.69, 9.17) is 5.21 Å². The molecular formula is C11H11F2NO. The summed E-state index contributed by atoms with van der Waals surface area (Å²) in [6.45, 7) is 0. The number of fused-ring (bicyclic) bond motifs is 2. The Balaban J connectivity index is 1.83. The molecule has 8 unspecified atom stereocenters. The summed E-state index contributed by atoms with van der Waals surface area (Å²) < 4.78 is 28.1. The molecule has 4 heteroatoms. The van der Waals surface area contributed by atoms with Crippen LogP contribution in [0.15, 0.2) is 5.16 Å². The number of rotatable bonds is 0. The Morgan fingerprint density at radius 2 is 1.93 bits per heavy atom. The zero-order valence-corrected chi connectivity index (χ0v) is 7.98. The van der Waals surface area contributed by atoms with Crippen molar-refractivity contribution in [2.45, 2.75) is 12.3 Å². The van der Waals surface area contributed by atoms with Crippen molar-refractivity contribution in [2.75, 3.05) is 0 Å². The Morgan fingerprint density at radius 3 is 2.67 bits per heavy atom. The smallest absolute Gasteiger partial charge is 0.255 e. The first-order valence-electron chi connectivity index (χ1n) is 5.77. The molecule has 0 aliphatic heterocycles. The van der Waals surface area contributed by atoms with Gasteiger partial charge in [0.1, 0.15) is 0 Å². The zero-order chi connectivity index (χ0) is 10.1. The van der Waals surface area contributed by atoms with E-state index in [1.807, 2.05) is 0 Å². The number of hydrogen-bond donors (Lipinski definition) is 1. The van der Waals surface area contributed by atoms with Crippen molar-refractivity contribution in [2.24, 2.45) is 52.5 Å². The Labute approximate surface area is 85.3 Å². The normalized spacial score (nSPS) is 72.0. The van der Waals surface area contributed by atoms with Gasteiger partial charge in [-0.15, -0.1) is 0 Å². The molecule has 15 heavy (non-hydrogen) atoms. The number of halogens is 2. The first-order valence-corrected chi connectivity index (χ1v) is 5.77. The number of oxime groups is 1. The molecule has 0 aromatic rings. The summed E-state index contributed by atoms with van der Waals surface area (Å²) in [5, 5.41) is 12.4. The van der Waals surface area contributed by atoms with Gasteiger partial charge in [0.05, 0.1) is 5.71 Å². The van der Waals surface area contributed by atoms with Crippen LogP contribution in [0.2, 0.25) is 0 Å². The Hall–Kier alpha value is -0.670. The number of nitrogens with zero attached hydrogens (tertiary/aromatic N) is 1. The highest BCUT2D eigenvalue weighted by Gasteiger charge is 2.88. The predicted octanol–water partition coefficient (Wildman–Crippen LogP) is 1.84. The van der Waals surface area contributed by atoms with E-state index in [1.165, 1.54) is 0 Å². The Bertz CT molecular complexity index is 421. The number of hydrogen-bond acceptors (Lipinski definition) is 2. The van der Waals surface area contributed by atoms with Crippen LogP contribution in [0.25, 0.3) is 0 Å². The maximum Gasteiger partial charge on any atom is 0.255 e. The molecule has 0 spiro atoms. The molecule has 5 aliphatic rings. The molecule has 5 fully saturated rings. The van der Waals surface area contributed by atoms with Crippen molar-refractivity contribution in [3.8, 4) is 0 Å². The fraction of sp³-hybridized carbons (Fsp3) is 0.909. The molecule has 0 aromatic carbocycles. The van der Waals surface area contributed by atoms with Crippen molar-refractivity contribution in [3.05, 3.63) is 0 Å². The third kappa shape index (κ3) is 0.455. The van der Waals surface area contributed by atoms with Crippen LogP contribution in [0.1, 0.15) is 6.42 Å². The van der Waals surface area contributed by atoms with Gasteiger partial charge in [-0.1, -0.05) is 5.16 Å². The van der Waals surface area contributed by atoms with Crippen LogP contribution in [0.4, 0.5) is 8.78 Å². The monoisotopic (exact) mass is 211 g/mol. The summed E-state index contributed by atoms with van der Waals surface area (Å²) in [6, 6.07) is 0. The maximum absolute atomic E-state index is 14.1. The largest absolute Gasteiger partial charge is 0.411 e. The van der Waals surface area contributed by atoms with E-state index in [-0.39, 0.29) is 23.7 Å². The van der Waals surface area contributed by atoms with Crippen molar-refractivity contribution in [3.63, 3.8) is 0 Å². The molecule has 2 nitrogen and oxygen atoms in total. The predicted molar refractivity (Wildman–Crippen MR) is 46.7 cm³/mol. The van der Waals surface area contributed by atoms with Gasteiger partial charge < -0.3 is 5.21 Å². The third-order valence-electron chi connectivity index (χ3n) is 6.19. The topological polar surface area (TPSA) is 32.6 Å². The molecule has 0 radical (unpaired) electrons. The van der Waals surface area contributed by atoms with E-state index in [9.17, 15) is 8.78 Å². The second-order valence-corrected chi connectivity index (χ2v) is 6.02. The Kier molecular flexibility index (Phi) is 0.869. The van der Waals surface area contributed by atoms with Gasteiger partial charge in [-0.05, 0) is 30.1 Å². The van der Waals surface area contributed by atoms with E-state index in [0.29, 0.717) is 11.8 Å². The van der Waals surface area contributed by atoms with Crippen molar-refractivity contribution >= 4 is 5.71 Å². The molecule has 5 saturated carbocycles. The Morgan fingerprint density at radius 1 is 1.13 bits per heavy atom. The average Bonchev–Trinajstić information content (AvgIpc) is 2.61. The molecule has 5 rings (SSSR count). The lowest BCUT2D eigenvalue weighted by Crippen LogP contribution is -2.53. The fourth-order valence-corrected chi connectivity index (χ4v) is 6.23. The van der Waals surface area contributed by atoms with Gasteiger partial charge in [0, 0.05) is 23.7 Å². The molecule has 0 heterocycles. The van der Waals surface area contributed by atoms with Crippen molar-refractivity contribution in [1.29, 1.82) is 0 Å². The van der Waals surface area contributed by atoms with E-state index in [2.05, 4.69) is 5.16 Å². The SMILES string of the molecule is O/N=C1/C2C3CC4C5C3C1C5C(F)(F)C42. The highest BCUT2D eigenvalue weighted by atomic mass is 19.3. The van der Waals surface area contributed by atoms with E-state index < -0.39 is 17.8 Å². The standard InChI is InChI=1S/C11H11F2NO/c12-11(13)8-3-1-2-4-5(3)9(11)7(4)10(14-15)6(2)8/h2-9,15H,1H2/b14-10-. The van der Waals surface area contributed by atoms with Gasteiger partial charge in [0.25, 0.3) is 5.92 Å². The van der Waals surface area contributed by atoms with Gasteiger partial charge in [-0.2, -0.15) is 0 Å². The first-order chi connectivity index (χ1) is 7.18. The van der Waals surface area contributed by atoms with Crippen LogP contribution in [-0.2, 0) is 0 Å². The van der Waals surface area contributed by atoms with Gasteiger partial charge in [-0.3, -0.25) is 0 Å². The molecular weight excluding hydrogens is 200 g/mol. The van der Waals surface area contributed by atoms with Crippen LogP contribution >= 0.6 is 0 Å². The zero-order valence-electron chi connectivity index (χ0n) is 7.98. The van der Waals surface area contributed by atoms with Gasteiger partial charge >= 0.3 is 0 Å². The summed E-state index contributed by atoms with van der Waals surface area (Å²) in [4.78, 5) is 0. The quantitative estimate of drug-likeness (QED) is 0.481. The summed E-state index contributed by atoms with van der Waals surface area (Å²) in [5.74, 6) is -2.11. The lowest BCUT2D eigenvalue weighted by Gasteiger charge is -2.46.